The SMILES string of the molecule is O=C1[C@@H]2[C@H](C(=O)N1/N=C\c1ccc(-c3cc([N+](=O)[O-])ccc3Cl)o1)[C@H]1C=C[C@H]2CC1. The normalized spacial score (nSPS) is 27.3. The number of non-ortho nitro benzene ring substituents is 1. The standard InChI is InChI=1S/C21H16ClN3O5/c22-16-7-5-13(25(28)29)9-15(16)17-8-6-14(30-17)10-23-24-20(26)18-11-1-2-12(4-3-11)19(18)21(24)27/h1-2,5-12,18-19H,3-4H2/b23-10-/t11-,12-,18-,19+/m0/s1. The van der Waals surface area contributed by atoms with Crippen LogP contribution >= 0.6 is 11.6 Å². The van der Waals surface area contributed by atoms with Crippen molar-refractivity contribution in [2.45, 2.75) is 12.8 Å². The zero-order valence-corrected chi connectivity index (χ0v) is 16.4. The van der Waals surface area contributed by atoms with Crippen LogP contribution in [0.4, 0.5) is 5.69 Å². The van der Waals surface area contributed by atoms with Crippen molar-refractivity contribution < 1.29 is 18.9 Å². The summed E-state index contributed by atoms with van der Waals surface area (Å²) in [5.74, 6) is -0.374. The lowest BCUT2D eigenvalue weighted by molar-refractivity contribution is -0.384. The van der Waals surface area contributed by atoms with Crippen LogP contribution in [0.1, 0.15) is 18.6 Å². The Balaban J connectivity index is 1.39. The van der Waals surface area contributed by atoms with Gasteiger partial charge in [0.15, 0.2) is 0 Å². The van der Waals surface area contributed by atoms with E-state index in [-0.39, 0.29) is 41.2 Å². The second-order valence-corrected chi connectivity index (χ2v) is 8.10. The van der Waals surface area contributed by atoms with Crippen LogP contribution in [0.3, 0.4) is 0 Å². The summed E-state index contributed by atoms with van der Waals surface area (Å²) < 4.78 is 5.67. The lowest BCUT2D eigenvalue weighted by atomic mass is 9.63. The van der Waals surface area contributed by atoms with Gasteiger partial charge < -0.3 is 4.42 Å². The summed E-state index contributed by atoms with van der Waals surface area (Å²) >= 11 is 6.15. The predicted molar refractivity (Wildman–Crippen MR) is 108 cm³/mol. The molecule has 1 saturated heterocycles. The molecule has 4 aliphatic rings. The molecule has 2 bridgehead atoms. The molecule has 152 valence electrons. The number of fused-ring (bicyclic) bond motifs is 1. The maximum Gasteiger partial charge on any atom is 0.270 e. The van der Waals surface area contributed by atoms with Gasteiger partial charge in [0.1, 0.15) is 11.5 Å². The molecule has 0 spiro atoms. The molecule has 4 atom stereocenters. The molecule has 2 aromatic rings. The summed E-state index contributed by atoms with van der Waals surface area (Å²) in [6, 6.07) is 7.25. The van der Waals surface area contributed by atoms with Gasteiger partial charge in [0.2, 0.25) is 0 Å². The van der Waals surface area contributed by atoms with E-state index >= 15 is 0 Å². The number of imide groups is 1. The lowest BCUT2D eigenvalue weighted by Gasteiger charge is -2.37. The molecule has 2 fully saturated rings. The third-order valence-electron chi connectivity index (χ3n) is 6.09. The molecule has 30 heavy (non-hydrogen) atoms. The fourth-order valence-electron chi connectivity index (χ4n) is 4.67. The zero-order chi connectivity index (χ0) is 21.0. The second-order valence-electron chi connectivity index (χ2n) is 7.70. The average Bonchev–Trinajstić information content (AvgIpc) is 3.32. The van der Waals surface area contributed by atoms with Crippen molar-refractivity contribution in [1.82, 2.24) is 5.01 Å². The monoisotopic (exact) mass is 425 g/mol. The molecule has 2 heterocycles. The first-order valence-electron chi connectivity index (χ1n) is 9.58. The lowest BCUT2D eigenvalue weighted by Crippen LogP contribution is -2.38. The molecular formula is C21H16ClN3O5. The highest BCUT2D eigenvalue weighted by atomic mass is 35.5. The number of hydrogen-bond donors (Lipinski definition) is 0. The van der Waals surface area contributed by atoms with E-state index in [0.29, 0.717) is 22.1 Å². The summed E-state index contributed by atoms with van der Waals surface area (Å²) in [7, 11) is 0. The number of rotatable bonds is 4. The summed E-state index contributed by atoms with van der Waals surface area (Å²) in [5.41, 5.74) is 0.257. The molecule has 9 heteroatoms. The highest BCUT2D eigenvalue weighted by Gasteiger charge is 2.56. The van der Waals surface area contributed by atoms with Gasteiger partial charge in [0, 0.05) is 17.7 Å². The summed E-state index contributed by atoms with van der Waals surface area (Å²) in [4.78, 5) is 36.0. The topological polar surface area (TPSA) is 106 Å². The first-order chi connectivity index (χ1) is 14.4. The molecule has 6 rings (SSSR count). The second kappa shape index (κ2) is 6.91. The predicted octanol–water partition coefficient (Wildman–Crippen LogP) is 4.04. The van der Waals surface area contributed by atoms with Crippen LogP contribution in [0.5, 0.6) is 0 Å². The van der Waals surface area contributed by atoms with E-state index in [1.807, 2.05) is 0 Å². The van der Waals surface area contributed by atoms with Crippen LogP contribution < -0.4 is 0 Å². The number of amides is 2. The van der Waals surface area contributed by atoms with E-state index in [2.05, 4.69) is 17.3 Å². The van der Waals surface area contributed by atoms with Gasteiger partial charge >= 0.3 is 0 Å². The molecule has 2 amide bonds. The maximum absolute atomic E-state index is 12.8. The Kier molecular flexibility index (Phi) is 4.32. The highest BCUT2D eigenvalue weighted by Crippen LogP contribution is 2.49. The van der Waals surface area contributed by atoms with Crippen molar-refractivity contribution in [1.29, 1.82) is 0 Å². The van der Waals surface area contributed by atoms with E-state index in [9.17, 15) is 19.7 Å². The third kappa shape index (κ3) is 2.87. The van der Waals surface area contributed by atoms with Gasteiger partial charge in [0.25, 0.3) is 17.5 Å². The Hall–Kier alpha value is -3.26. The van der Waals surface area contributed by atoms with E-state index < -0.39 is 4.92 Å². The van der Waals surface area contributed by atoms with Crippen molar-refractivity contribution in [3.05, 3.63) is 63.4 Å². The number of carbonyl (C=O) groups excluding carboxylic acids is 2. The minimum absolute atomic E-state index is 0.0999. The van der Waals surface area contributed by atoms with Crippen molar-refractivity contribution in [2.75, 3.05) is 0 Å². The number of nitro groups is 1. The summed E-state index contributed by atoms with van der Waals surface area (Å²) in [5, 5.41) is 16.4. The molecule has 1 saturated carbocycles. The molecule has 1 aromatic carbocycles. The number of carbonyl (C=O) groups is 2. The van der Waals surface area contributed by atoms with Gasteiger partial charge in [-0.15, -0.1) is 0 Å². The van der Waals surface area contributed by atoms with Crippen LogP contribution in [0.15, 0.2) is 52.0 Å². The first-order valence-corrected chi connectivity index (χ1v) is 9.96. The minimum atomic E-state index is -0.517. The number of benzene rings is 1. The van der Waals surface area contributed by atoms with E-state index in [0.717, 1.165) is 17.9 Å². The van der Waals surface area contributed by atoms with Crippen molar-refractivity contribution in [3.8, 4) is 11.3 Å². The Bertz CT molecular complexity index is 1110. The third-order valence-corrected chi connectivity index (χ3v) is 6.42. The zero-order valence-electron chi connectivity index (χ0n) is 15.6. The van der Waals surface area contributed by atoms with Crippen LogP contribution in [0.2, 0.25) is 5.02 Å². The molecule has 1 aliphatic heterocycles. The number of nitrogens with zero attached hydrogens (tertiary/aromatic N) is 3. The fraction of sp³-hybridized carbons (Fsp3) is 0.286. The van der Waals surface area contributed by atoms with Crippen molar-refractivity contribution >= 4 is 35.3 Å². The van der Waals surface area contributed by atoms with Gasteiger partial charge in [-0.1, -0.05) is 23.8 Å². The summed E-state index contributed by atoms with van der Waals surface area (Å²) in [6.45, 7) is 0. The fourth-order valence-corrected chi connectivity index (χ4v) is 4.88. The Labute approximate surface area is 175 Å². The maximum atomic E-state index is 12.8. The van der Waals surface area contributed by atoms with Gasteiger partial charge in [-0.25, -0.2) is 0 Å². The van der Waals surface area contributed by atoms with E-state index in [1.165, 1.54) is 24.4 Å². The first kappa shape index (κ1) is 18.7. The molecule has 0 radical (unpaired) electrons. The number of hydrogen-bond acceptors (Lipinski definition) is 6. The van der Waals surface area contributed by atoms with Gasteiger partial charge in [-0.3, -0.25) is 19.7 Å². The smallest absolute Gasteiger partial charge is 0.270 e. The van der Waals surface area contributed by atoms with Crippen LogP contribution in [-0.2, 0) is 9.59 Å². The Morgan fingerprint density at radius 2 is 1.77 bits per heavy atom. The molecule has 8 nitrogen and oxygen atoms in total. The Morgan fingerprint density at radius 1 is 1.10 bits per heavy atom. The Morgan fingerprint density at radius 3 is 2.37 bits per heavy atom. The number of furan rings is 1. The van der Waals surface area contributed by atoms with E-state index in [1.54, 1.807) is 12.1 Å². The number of halogens is 1. The minimum Gasteiger partial charge on any atom is -0.455 e. The molecular weight excluding hydrogens is 410 g/mol. The van der Waals surface area contributed by atoms with Crippen LogP contribution in [0, 0.1) is 33.8 Å². The van der Waals surface area contributed by atoms with Gasteiger partial charge in [0.05, 0.1) is 28.0 Å². The van der Waals surface area contributed by atoms with Crippen molar-refractivity contribution in [3.63, 3.8) is 0 Å². The largest absolute Gasteiger partial charge is 0.455 e. The molecule has 0 unspecified atom stereocenters. The number of hydrazone groups is 1. The quantitative estimate of drug-likeness (QED) is 0.241. The molecule has 1 aromatic heterocycles. The summed E-state index contributed by atoms with van der Waals surface area (Å²) in [6.07, 6.45) is 7.25. The average molecular weight is 426 g/mol. The number of nitro benzene ring substituents is 1. The molecule has 3 aliphatic carbocycles. The van der Waals surface area contributed by atoms with Gasteiger partial charge in [-0.2, -0.15) is 10.1 Å². The van der Waals surface area contributed by atoms with Crippen LogP contribution in [0.25, 0.3) is 11.3 Å². The van der Waals surface area contributed by atoms with Crippen LogP contribution in [-0.4, -0.2) is 28.0 Å². The van der Waals surface area contributed by atoms with Gasteiger partial charge in [-0.05, 0) is 42.9 Å². The van der Waals surface area contributed by atoms with E-state index in [4.69, 9.17) is 16.0 Å². The molecule has 0 N–H and O–H groups in total. The van der Waals surface area contributed by atoms with Crippen molar-refractivity contribution in [2.24, 2.45) is 28.8 Å². The highest BCUT2D eigenvalue weighted by molar-refractivity contribution is 6.33. The number of allylic oxidation sites excluding steroid dienone is 2.